The number of nitro benzene ring substituents is 1. The van der Waals surface area contributed by atoms with Gasteiger partial charge in [-0.1, -0.05) is 15.9 Å². The number of nitrogens with one attached hydrogen (secondary N) is 1. The topological polar surface area (TPSA) is 88.2 Å². The lowest BCUT2D eigenvalue weighted by Gasteiger charge is -2.13. The summed E-state index contributed by atoms with van der Waals surface area (Å²) in [7, 11) is 0. The first-order valence-corrected chi connectivity index (χ1v) is 7.53. The van der Waals surface area contributed by atoms with E-state index in [0.717, 1.165) is 12.8 Å². The lowest BCUT2D eigenvalue weighted by Crippen LogP contribution is -2.31. The van der Waals surface area contributed by atoms with Gasteiger partial charge < -0.3 is 4.74 Å². The van der Waals surface area contributed by atoms with Crippen LogP contribution >= 0.6 is 15.9 Å². The fourth-order valence-electron chi connectivity index (χ4n) is 2.03. The highest BCUT2D eigenvalue weighted by molar-refractivity contribution is 9.10. The molecule has 0 aliphatic heterocycles. The van der Waals surface area contributed by atoms with E-state index < -0.39 is 4.92 Å². The smallest absolute Gasteiger partial charge is 0.312 e. The summed E-state index contributed by atoms with van der Waals surface area (Å²) in [5, 5.41) is 23.3. The van der Waals surface area contributed by atoms with E-state index in [2.05, 4.69) is 27.3 Å². The molecule has 0 saturated heterocycles. The van der Waals surface area contributed by atoms with Crippen molar-refractivity contribution < 1.29 is 9.66 Å². The van der Waals surface area contributed by atoms with Gasteiger partial charge in [-0.05, 0) is 31.4 Å². The van der Waals surface area contributed by atoms with Crippen LogP contribution in [-0.2, 0) is 0 Å². The van der Waals surface area contributed by atoms with Crippen molar-refractivity contribution >= 4 is 21.6 Å². The minimum Gasteiger partial charge on any atom is -0.487 e. The van der Waals surface area contributed by atoms with Crippen LogP contribution in [0.1, 0.15) is 24.8 Å². The molecule has 0 spiro atoms. The summed E-state index contributed by atoms with van der Waals surface area (Å²) >= 11 is 3.24. The van der Waals surface area contributed by atoms with E-state index in [0.29, 0.717) is 22.5 Å². The van der Waals surface area contributed by atoms with Gasteiger partial charge in [0.1, 0.15) is 0 Å². The van der Waals surface area contributed by atoms with Gasteiger partial charge in [0.15, 0.2) is 5.75 Å². The van der Waals surface area contributed by atoms with E-state index in [1.54, 1.807) is 13.0 Å². The van der Waals surface area contributed by atoms with Gasteiger partial charge >= 0.3 is 5.69 Å². The van der Waals surface area contributed by atoms with Gasteiger partial charge in [0, 0.05) is 23.0 Å². The molecule has 1 atom stereocenters. The molecule has 0 heterocycles. The van der Waals surface area contributed by atoms with Crippen LogP contribution in [-0.4, -0.2) is 23.6 Å². The number of hydrogen-bond donors (Lipinski definition) is 1. The van der Waals surface area contributed by atoms with Crippen LogP contribution in [0.4, 0.5) is 5.69 Å². The molecule has 1 aromatic rings. The van der Waals surface area contributed by atoms with Crippen LogP contribution < -0.4 is 10.1 Å². The van der Waals surface area contributed by atoms with E-state index >= 15 is 0 Å². The summed E-state index contributed by atoms with van der Waals surface area (Å²) in [5.41, 5.74) is 0.630. The zero-order chi connectivity index (χ0) is 15.4. The Kier molecular flexibility index (Phi) is 5.15. The molecule has 0 radical (unpaired) electrons. The minimum absolute atomic E-state index is 0.0643. The van der Waals surface area contributed by atoms with E-state index in [1.165, 1.54) is 6.07 Å². The molecule has 0 amide bonds. The predicted molar refractivity (Wildman–Crippen MR) is 81.2 cm³/mol. The first-order valence-electron chi connectivity index (χ1n) is 6.74. The lowest BCUT2D eigenvalue weighted by molar-refractivity contribution is -0.386. The number of nitrogens with zero attached hydrogens (tertiary/aromatic N) is 2. The van der Waals surface area contributed by atoms with Crippen molar-refractivity contribution in [3.05, 3.63) is 32.3 Å². The Morgan fingerprint density at radius 1 is 1.62 bits per heavy atom. The van der Waals surface area contributed by atoms with Crippen LogP contribution in [0.15, 0.2) is 16.6 Å². The van der Waals surface area contributed by atoms with Crippen molar-refractivity contribution in [2.75, 3.05) is 6.61 Å². The maximum absolute atomic E-state index is 11.1. The highest BCUT2D eigenvalue weighted by Gasteiger charge is 2.25. The number of nitro groups is 1. The Morgan fingerprint density at radius 2 is 2.33 bits per heavy atom. The maximum Gasteiger partial charge on any atom is 0.312 e. The van der Waals surface area contributed by atoms with E-state index in [4.69, 9.17) is 10.00 Å². The number of hydrogen-bond acceptors (Lipinski definition) is 5. The van der Waals surface area contributed by atoms with Crippen LogP contribution in [0.2, 0.25) is 0 Å². The van der Waals surface area contributed by atoms with Gasteiger partial charge in [0.2, 0.25) is 0 Å². The Balaban J connectivity index is 1.99. The molecule has 1 aliphatic carbocycles. The summed E-state index contributed by atoms with van der Waals surface area (Å²) in [5.74, 6) is 0.270. The Morgan fingerprint density at radius 3 is 2.90 bits per heavy atom. The number of benzene rings is 1. The van der Waals surface area contributed by atoms with Gasteiger partial charge in [-0.25, -0.2) is 0 Å². The summed E-state index contributed by atoms with van der Waals surface area (Å²) < 4.78 is 6.21. The molecule has 21 heavy (non-hydrogen) atoms. The average molecular weight is 354 g/mol. The van der Waals surface area contributed by atoms with Gasteiger partial charge in [-0.3, -0.25) is 15.4 Å². The van der Waals surface area contributed by atoms with Gasteiger partial charge in [0.05, 0.1) is 23.6 Å². The Bertz CT molecular complexity index is 582. The lowest BCUT2D eigenvalue weighted by atomic mass is 10.2. The van der Waals surface area contributed by atoms with Crippen molar-refractivity contribution in [3.63, 3.8) is 0 Å². The molecular formula is C14H16BrN3O3. The van der Waals surface area contributed by atoms with E-state index in [-0.39, 0.29) is 24.1 Å². The summed E-state index contributed by atoms with van der Waals surface area (Å²) in [6.45, 7) is 2.03. The minimum atomic E-state index is -0.461. The van der Waals surface area contributed by atoms with Crippen molar-refractivity contribution in [1.29, 1.82) is 5.26 Å². The number of ether oxygens (including phenoxy) is 1. The van der Waals surface area contributed by atoms with Crippen molar-refractivity contribution in [1.82, 2.24) is 5.32 Å². The first-order chi connectivity index (χ1) is 10.0. The molecule has 0 bridgehead atoms. The number of halogens is 1. The molecule has 112 valence electrons. The van der Waals surface area contributed by atoms with Crippen LogP contribution in [0, 0.1) is 28.4 Å². The second-order valence-corrected chi connectivity index (χ2v) is 6.00. The molecule has 2 rings (SSSR count). The number of nitriles is 1. The summed E-state index contributed by atoms with van der Waals surface area (Å²) in [4.78, 5) is 10.6. The van der Waals surface area contributed by atoms with Gasteiger partial charge in [-0.2, -0.15) is 5.26 Å². The fourth-order valence-corrected chi connectivity index (χ4v) is 2.59. The SMILES string of the molecule is Cc1cc(Br)cc([N+](=O)[O-])c1OCCC(C#N)NC1CC1. The second-order valence-electron chi connectivity index (χ2n) is 5.09. The molecule has 1 unspecified atom stereocenters. The first kappa shape index (κ1) is 15.7. The molecule has 6 nitrogen and oxygen atoms in total. The van der Waals surface area contributed by atoms with Gasteiger partial charge in [0.25, 0.3) is 0 Å². The molecule has 1 fully saturated rings. The molecule has 0 aromatic heterocycles. The van der Waals surface area contributed by atoms with E-state index in [1.807, 2.05) is 0 Å². The number of aryl methyl sites for hydroxylation is 1. The largest absolute Gasteiger partial charge is 0.487 e. The van der Waals surface area contributed by atoms with Crippen molar-refractivity contribution in [2.45, 2.75) is 38.3 Å². The Labute approximate surface area is 131 Å². The highest BCUT2D eigenvalue weighted by atomic mass is 79.9. The van der Waals surface area contributed by atoms with Gasteiger partial charge in [-0.15, -0.1) is 0 Å². The van der Waals surface area contributed by atoms with Crippen LogP contribution in [0.25, 0.3) is 0 Å². The quantitative estimate of drug-likeness (QED) is 0.601. The predicted octanol–water partition coefficient (Wildman–Crippen LogP) is 3.08. The zero-order valence-corrected chi connectivity index (χ0v) is 13.2. The molecule has 1 aromatic carbocycles. The summed E-state index contributed by atoms with van der Waals surface area (Å²) in [6.07, 6.45) is 2.71. The second kappa shape index (κ2) is 6.87. The monoisotopic (exact) mass is 353 g/mol. The third kappa shape index (κ3) is 4.41. The van der Waals surface area contributed by atoms with Crippen LogP contribution in [0.3, 0.4) is 0 Å². The fraction of sp³-hybridized carbons (Fsp3) is 0.500. The maximum atomic E-state index is 11.1. The summed E-state index contributed by atoms with van der Waals surface area (Å²) in [6, 6.07) is 5.55. The highest BCUT2D eigenvalue weighted by Crippen LogP contribution is 2.34. The molecular weight excluding hydrogens is 338 g/mol. The van der Waals surface area contributed by atoms with Crippen molar-refractivity contribution in [3.8, 4) is 11.8 Å². The van der Waals surface area contributed by atoms with E-state index in [9.17, 15) is 10.1 Å². The molecule has 7 heteroatoms. The molecule has 1 saturated carbocycles. The molecule has 1 aliphatic rings. The molecule has 1 N–H and O–H groups in total. The standard InChI is InChI=1S/C14H16BrN3O3/c1-9-6-10(15)7-13(18(19)20)14(9)21-5-4-12(8-16)17-11-2-3-11/h6-7,11-12,17H,2-5H2,1H3. The van der Waals surface area contributed by atoms with Crippen molar-refractivity contribution in [2.24, 2.45) is 0 Å². The third-order valence-electron chi connectivity index (χ3n) is 3.24. The Hall–Kier alpha value is -1.65. The third-order valence-corrected chi connectivity index (χ3v) is 3.70. The number of rotatable bonds is 7. The normalized spacial score (nSPS) is 15.3. The average Bonchev–Trinajstić information content (AvgIpc) is 3.23. The van der Waals surface area contributed by atoms with Crippen LogP contribution in [0.5, 0.6) is 5.75 Å². The zero-order valence-electron chi connectivity index (χ0n) is 11.6.